The Hall–Kier alpha value is -7.56. The van der Waals surface area contributed by atoms with Crippen molar-refractivity contribution in [1.29, 1.82) is 0 Å². The topological polar surface area (TPSA) is 250 Å². The number of aliphatic carboxylic acids is 1. The maximum atomic E-state index is 12.7. The normalized spacial score (nSPS) is 16.9. The molecule has 11 rings (SSSR count). The van der Waals surface area contributed by atoms with Crippen molar-refractivity contribution in [1.82, 2.24) is 51.0 Å². The van der Waals surface area contributed by atoms with Crippen LogP contribution in [0.15, 0.2) is 84.9 Å². The number of amides is 2. The summed E-state index contributed by atoms with van der Waals surface area (Å²) < 4.78 is 53.7. The van der Waals surface area contributed by atoms with Gasteiger partial charge in [-0.25, -0.2) is 4.79 Å². The van der Waals surface area contributed by atoms with E-state index < -0.39 is 17.9 Å². The van der Waals surface area contributed by atoms with E-state index in [1.54, 1.807) is 11.0 Å². The number of nitrogens with one attached hydrogen (secondary N) is 2. The quantitative estimate of drug-likeness (QED) is 0.116. The molecular formula is C66H95ClF3N15O9. The zero-order valence-electron chi connectivity index (χ0n) is 55.7. The predicted molar refractivity (Wildman–Crippen MR) is 358 cm³/mol. The number of hydrogen-bond acceptors (Lipinski definition) is 21. The van der Waals surface area contributed by atoms with Crippen LogP contribution in [0.1, 0.15) is 89.5 Å². The number of morpholine rings is 3. The summed E-state index contributed by atoms with van der Waals surface area (Å²) >= 11 is 5.63. The van der Waals surface area contributed by atoms with Gasteiger partial charge in [-0.1, -0.05) is 87.8 Å². The largest absolute Gasteiger partial charge is 0.481 e. The van der Waals surface area contributed by atoms with E-state index in [4.69, 9.17) is 35.7 Å². The number of benzene rings is 2. The van der Waals surface area contributed by atoms with Crippen LogP contribution in [0, 0.1) is 0 Å². The minimum Gasteiger partial charge on any atom is -0.481 e. The average molecular weight is 1340 g/mol. The van der Waals surface area contributed by atoms with Crippen LogP contribution in [-0.2, 0) is 46.2 Å². The molecule has 0 radical (unpaired) electrons. The molecule has 5 aromatic rings. The van der Waals surface area contributed by atoms with Crippen molar-refractivity contribution in [3.63, 3.8) is 0 Å². The van der Waals surface area contributed by atoms with Crippen molar-refractivity contribution in [2.45, 2.75) is 91.8 Å². The van der Waals surface area contributed by atoms with Gasteiger partial charge in [-0.15, -0.1) is 30.6 Å². The molecule has 6 saturated heterocycles. The SMILES string of the molecule is CC(=O)C(F)(F)F.CC(C)(C)OC(=O)N1CCNCC1.CC(C)c1ccc(CC(=O)N2CCN(c3ccc(N4CCOCC4)nn3)CC2)cc1.CC(C)c1ccc(CC(=O)O)cc1.Clc1ccc(N2CCOCC2)nn1.c1cc(N2CCOCC2)nnc1N1CCNCC1. The number of ether oxygens (including phenoxy) is 4. The van der Waals surface area contributed by atoms with Gasteiger partial charge in [0.2, 0.25) is 11.7 Å². The van der Waals surface area contributed by atoms with E-state index in [9.17, 15) is 32.3 Å². The Morgan fingerprint density at radius 1 is 0.489 bits per heavy atom. The lowest BCUT2D eigenvalue weighted by molar-refractivity contribution is -0.168. The summed E-state index contributed by atoms with van der Waals surface area (Å²) in [6.07, 6.45) is -4.26. The van der Waals surface area contributed by atoms with Crippen LogP contribution >= 0.6 is 11.6 Å². The minimum atomic E-state index is -4.64. The maximum Gasteiger partial charge on any atom is 0.449 e. The lowest BCUT2D eigenvalue weighted by Crippen LogP contribution is -2.49. The van der Waals surface area contributed by atoms with E-state index in [0.717, 1.165) is 198 Å². The summed E-state index contributed by atoms with van der Waals surface area (Å²) in [5, 5.41) is 40.8. The van der Waals surface area contributed by atoms with Gasteiger partial charge in [-0.2, -0.15) is 13.2 Å². The van der Waals surface area contributed by atoms with E-state index in [1.165, 1.54) is 11.1 Å². The highest BCUT2D eigenvalue weighted by Crippen LogP contribution is 2.22. The molecule has 2 amide bonds. The van der Waals surface area contributed by atoms with E-state index in [-0.39, 0.29) is 24.0 Å². The summed E-state index contributed by atoms with van der Waals surface area (Å²) in [4.78, 5) is 58.7. The maximum absolute atomic E-state index is 12.7. The molecule has 0 aliphatic carbocycles. The van der Waals surface area contributed by atoms with Crippen LogP contribution in [-0.4, -0.2) is 238 Å². The fourth-order valence-electron chi connectivity index (χ4n) is 9.92. The number of piperazine rings is 3. The molecule has 28 heteroatoms. The summed E-state index contributed by atoms with van der Waals surface area (Å²) in [7, 11) is 0. The number of anilines is 5. The van der Waals surface area contributed by atoms with Gasteiger partial charge >= 0.3 is 18.2 Å². The van der Waals surface area contributed by atoms with Crippen LogP contribution < -0.4 is 35.1 Å². The minimum absolute atomic E-state index is 0.109. The van der Waals surface area contributed by atoms with Crippen molar-refractivity contribution in [2.75, 3.05) is 182 Å². The van der Waals surface area contributed by atoms with Crippen molar-refractivity contribution in [3.8, 4) is 0 Å². The number of nitrogens with zero attached hydrogens (tertiary/aromatic N) is 13. The third-order valence-corrected chi connectivity index (χ3v) is 15.7. The van der Waals surface area contributed by atoms with Gasteiger partial charge < -0.3 is 69.0 Å². The Morgan fingerprint density at radius 2 is 0.819 bits per heavy atom. The molecule has 0 unspecified atom stereocenters. The van der Waals surface area contributed by atoms with Gasteiger partial charge in [0.25, 0.3) is 0 Å². The number of carboxylic acids is 1. The number of carbonyl (C=O) groups excluding carboxylic acids is 3. The van der Waals surface area contributed by atoms with Crippen molar-refractivity contribution in [3.05, 3.63) is 112 Å². The summed E-state index contributed by atoms with van der Waals surface area (Å²) in [5.41, 5.74) is 4.10. The lowest BCUT2D eigenvalue weighted by Gasteiger charge is -2.35. The number of carbonyl (C=O) groups is 4. The molecular weight excluding hydrogens is 1240 g/mol. The van der Waals surface area contributed by atoms with Crippen LogP contribution in [0.2, 0.25) is 5.15 Å². The number of halogens is 4. The molecule has 3 N–H and O–H groups in total. The van der Waals surface area contributed by atoms with Crippen LogP contribution in [0.5, 0.6) is 0 Å². The van der Waals surface area contributed by atoms with Gasteiger partial charge in [-0.3, -0.25) is 14.4 Å². The fraction of sp³-hybridized carbons (Fsp3) is 0.576. The lowest BCUT2D eigenvalue weighted by atomic mass is 10.0. The number of alkyl halides is 3. The molecule has 516 valence electrons. The molecule has 6 aliphatic rings. The number of rotatable bonds is 11. The van der Waals surface area contributed by atoms with E-state index >= 15 is 0 Å². The van der Waals surface area contributed by atoms with Crippen LogP contribution in [0.25, 0.3) is 0 Å². The van der Waals surface area contributed by atoms with Crippen LogP contribution in [0.4, 0.5) is 47.1 Å². The Kier molecular flexibility index (Phi) is 31.1. The Labute approximate surface area is 555 Å². The van der Waals surface area contributed by atoms with Gasteiger partial charge in [0.15, 0.2) is 34.2 Å². The third-order valence-electron chi connectivity index (χ3n) is 15.5. The molecule has 0 saturated carbocycles. The summed E-state index contributed by atoms with van der Waals surface area (Å²) in [5.74, 6) is 3.25. The molecule has 2 aromatic carbocycles. The Bertz CT molecular complexity index is 2970. The molecule has 24 nitrogen and oxygen atoms in total. The first-order valence-corrected chi connectivity index (χ1v) is 32.6. The fourth-order valence-corrected chi connectivity index (χ4v) is 10.0. The van der Waals surface area contributed by atoms with E-state index in [2.05, 4.69) is 130 Å². The molecule has 0 atom stereocenters. The van der Waals surface area contributed by atoms with Gasteiger partial charge in [0.05, 0.1) is 52.5 Å². The molecule has 0 spiro atoms. The first-order chi connectivity index (χ1) is 44.9. The number of hydrogen-bond donors (Lipinski definition) is 3. The average Bonchev–Trinajstić information content (AvgIpc) is 0.994. The van der Waals surface area contributed by atoms with E-state index in [1.807, 2.05) is 68.1 Å². The van der Waals surface area contributed by atoms with Crippen molar-refractivity contribution < 1.29 is 56.4 Å². The number of carboxylic acid groups (broad SMARTS) is 1. The van der Waals surface area contributed by atoms with Crippen LogP contribution in [0.3, 0.4) is 0 Å². The molecule has 9 heterocycles. The number of Topliss-reactive ketones (excluding diaryl/α,β-unsaturated/α-hetero) is 1. The van der Waals surface area contributed by atoms with Crippen molar-refractivity contribution in [2.24, 2.45) is 0 Å². The smallest absolute Gasteiger partial charge is 0.449 e. The summed E-state index contributed by atoms with van der Waals surface area (Å²) in [6.45, 7) is 34.8. The highest BCUT2D eigenvalue weighted by atomic mass is 35.5. The Balaban J connectivity index is 0.000000190. The highest BCUT2D eigenvalue weighted by Gasteiger charge is 2.34. The molecule has 6 fully saturated rings. The predicted octanol–water partition coefficient (Wildman–Crippen LogP) is 7.42. The third kappa shape index (κ3) is 27.0. The zero-order valence-corrected chi connectivity index (χ0v) is 56.4. The molecule has 6 aliphatic heterocycles. The van der Waals surface area contributed by atoms with Gasteiger partial charge in [0.1, 0.15) is 5.60 Å². The van der Waals surface area contributed by atoms with Crippen molar-refractivity contribution >= 4 is 64.4 Å². The second-order valence-electron chi connectivity index (χ2n) is 24.4. The molecule has 0 bridgehead atoms. The Morgan fingerprint density at radius 3 is 1.14 bits per heavy atom. The number of ketones is 1. The molecule has 94 heavy (non-hydrogen) atoms. The monoisotopic (exact) mass is 1330 g/mol. The standard InChI is InChI=1S/C23H31N5O2.C12H19N5O.C11H14O2.C9H18N2O2.C8H10ClN3O.C3H3F3O/c1-18(2)20-5-3-19(4-6-20)17-23(29)28-11-9-26(10-12-28)21-7-8-22(25-24-21)27-13-15-30-16-14-27;1-2-12(17-7-9-18-10-8-17)15-14-11(1)16-5-3-13-4-6-16;1-8(2)10-5-3-9(4-6-10)7-11(12)13;1-9(2,3)13-8(12)11-6-4-10-5-7-11;9-7-1-2-8(11-10-7)12-3-5-13-6-4-12;1-2(7)3(4,5)6/h3-8,18H,9-17H2,1-2H3;1-2,13H,3-10H2;3-6,8H,7H2,1-2H3,(H,12,13);10H,4-7H2,1-3H3;1-2H,3-6H2;1H3. The first-order valence-electron chi connectivity index (χ1n) is 32.2. The molecule has 3 aromatic heterocycles. The second kappa shape index (κ2) is 38.7. The van der Waals surface area contributed by atoms with E-state index in [0.29, 0.717) is 30.3 Å². The summed E-state index contributed by atoms with van der Waals surface area (Å²) in [6, 6.07) is 28.0. The highest BCUT2D eigenvalue weighted by molar-refractivity contribution is 6.29. The van der Waals surface area contributed by atoms with Gasteiger partial charge in [0, 0.05) is 125 Å². The van der Waals surface area contributed by atoms with Gasteiger partial charge in [-0.05, 0) is 91.3 Å². The zero-order chi connectivity index (χ0) is 68.0. The first kappa shape index (κ1) is 75.5. The second-order valence-corrected chi connectivity index (χ2v) is 24.8. The number of aromatic nitrogens is 6.